The van der Waals surface area contributed by atoms with Crippen molar-refractivity contribution in [1.29, 1.82) is 0 Å². The van der Waals surface area contributed by atoms with Crippen molar-refractivity contribution >= 4 is 5.78 Å². The van der Waals surface area contributed by atoms with Gasteiger partial charge in [-0.2, -0.15) is 0 Å². The highest BCUT2D eigenvalue weighted by molar-refractivity contribution is 5.87. The maximum Gasteiger partial charge on any atom is 0.152 e. The van der Waals surface area contributed by atoms with E-state index in [1.165, 1.54) is 25.7 Å². The Hall–Kier alpha value is -0.590. The zero-order valence-corrected chi connectivity index (χ0v) is 9.68. The predicted octanol–water partition coefficient (Wildman–Crippen LogP) is 3.74. The van der Waals surface area contributed by atoms with E-state index in [0.29, 0.717) is 5.41 Å². The summed E-state index contributed by atoms with van der Waals surface area (Å²) in [6, 6.07) is 0. The summed E-state index contributed by atoms with van der Waals surface area (Å²) in [5, 5.41) is 0. The second-order valence-electron chi connectivity index (χ2n) is 5.38. The van der Waals surface area contributed by atoms with Crippen molar-refractivity contribution in [2.45, 2.75) is 52.9 Å². The van der Waals surface area contributed by atoms with Crippen LogP contribution in [-0.2, 0) is 4.79 Å². The normalized spacial score (nSPS) is 26.6. The number of hydrogen-bond donors (Lipinski definition) is 0. The Morgan fingerprint density at radius 1 is 1.50 bits per heavy atom. The second kappa shape index (κ2) is 4.77. The molecule has 1 saturated carbocycles. The van der Waals surface area contributed by atoms with Crippen LogP contribution in [0.2, 0.25) is 0 Å². The Kier molecular flexibility index (Phi) is 3.91. The molecule has 0 aromatic carbocycles. The van der Waals surface area contributed by atoms with Gasteiger partial charge in [0.15, 0.2) is 5.78 Å². The summed E-state index contributed by atoms with van der Waals surface area (Å²) in [5.74, 6) is 0.967. The van der Waals surface area contributed by atoms with Gasteiger partial charge in [0.05, 0.1) is 0 Å². The highest BCUT2D eigenvalue weighted by Crippen LogP contribution is 2.39. The number of ketones is 1. The lowest BCUT2D eigenvalue weighted by molar-refractivity contribution is -0.112. The van der Waals surface area contributed by atoms with E-state index in [1.807, 2.05) is 0 Å². The Labute approximate surface area is 87.6 Å². The molecule has 0 aliphatic heterocycles. The smallest absolute Gasteiger partial charge is 0.152 e. The van der Waals surface area contributed by atoms with E-state index in [-0.39, 0.29) is 5.78 Å². The number of hydrogen-bond acceptors (Lipinski definition) is 1. The Balaban J connectivity index is 2.35. The van der Waals surface area contributed by atoms with Crippen molar-refractivity contribution in [3.05, 3.63) is 12.2 Å². The average molecular weight is 194 g/mol. The molecule has 1 atom stereocenters. The molecular formula is C13H22O. The van der Waals surface area contributed by atoms with Crippen LogP contribution in [0, 0.1) is 11.3 Å². The van der Waals surface area contributed by atoms with Gasteiger partial charge in [0.25, 0.3) is 0 Å². The summed E-state index contributed by atoms with van der Waals surface area (Å²) < 4.78 is 0. The monoisotopic (exact) mass is 194 g/mol. The minimum Gasteiger partial charge on any atom is -0.295 e. The Morgan fingerprint density at radius 3 is 2.79 bits per heavy atom. The minimum absolute atomic E-state index is 0.167. The first-order valence-electron chi connectivity index (χ1n) is 5.67. The molecule has 1 aliphatic rings. The van der Waals surface area contributed by atoms with E-state index in [4.69, 9.17) is 0 Å². The first-order valence-corrected chi connectivity index (χ1v) is 5.67. The highest BCUT2D eigenvalue weighted by Gasteiger charge is 2.26. The molecular weight excluding hydrogens is 172 g/mol. The summed E-state index contributed by atoms with van der Waals surface area (Å²) in [6.07, 6.45) is 10.2. The molecule has 1 fully saturated rings. The maximum atomic E-state index is 10.7. The van der Waals surface area contributed by atoms with Crippen LogP contribution in [0.15, 0.2) is 12.2 Å². The van der Waals surface area contributed by atoms with Crippen LogP contribution >= 0.6 is 0 Å². The van der Waals surface area contributed by atoms with Crippen LogP contribution in [0.4, 0.5) is 0 Å². The number of rotatable bonds is 3. The fraction of sp³-hybridized carbons (Fsp3) is 0.769. The summed E-state index contributed by atoms with van der Waals surface area (Å²) >= 11 is 0. The quantitative estimate of drug-likeness (QED) is 0.625. The number of carbonyl (C=O) groups excluding carboxylic acids is 1. The minimum atomic E-state index is 0.167. The molecule has 1 nitrogen and oxygen atoms in total. The molecule has 80 valence electrons. The lowest BCUT2D eigenvalue weighted by Crippen LogP contribution is -2.22. The highest BCUT2D eigenvalue weighted by atomic mass is 16.1. The van der Waals surface area contributed by atoms with Gasteiger partial charge < -0.3 is 0 Å². The number of allylic oxidation sites excluding steroid dienone is 2. The molecule has 0 radical (unpaired) electrons. The summed E-state index contributed by atoms with van der Waals surface area (Å²) in [7, 11) is 0. The van der Waals surface area contributed by atoms with Crippen molar-refractivity contribution in [2.24, 2.45) is 11.3 Å². The van der Waals surface area contributed by atoms with Crippen LogP contribution in [0.3, 0.4) is 0 Å². The summed E-state index contributed by atoms with van der Waals surface area (Å²) in [5.41, 5.74) is 0.521. The van der Waals surface area contributed by atoms with Crippen LogP contribution in [0.5, 0.6) is 0 Å². The molecule has 0 aromatic rings. The van der Waals surface area contributed by atoms with Crippen LogP contribution in [-0.4, -0.2) is 5.78 Å². The Morgan fingerprint density at radius 2 is 2.21 bits per heavy atom. The molecule has 0 saturated heterocycles. The van der Waals surface area contributed by atoms with E-state index in [2.05, 4.69) is 19.9 Å². The number of carbonyl (C=O) groups is 1. The van der Waals surface area contributed by atoms with E-state index in [0.717, 1.165) is 12.3 Å². The molecule has 0 N–H and O–H groups in total. The topological polar surface area (TPSA) is 17.1 Å². The maximum absolute atomic E-state index is 10.7. The molecule has 0 amide bonds. The van der Waals surface area contributed by atoms with Crippen molar-refractivity contribution in [3.8, 4) is 0 Å². The molecule has 14 heavy (non-hydrogen) atoms. The molecule has 0 aromatic heterocycles. The van der Waals surface area contributed by atoms with Gasteiger partial charge in [0.1, 0.15) is 0 Å². The zero-order chi connectivity index (χ0) is 10.6. The van der Waals surface area contributed by atoms with Crippen LogP contribution in [0.1, 0.15) is 52.9 Å². The van der Waals surface area contributed by atoms with Gasteiger partial charge in [-0.05, 0) is 43.6 Å². The fourth-order valence-electron chi connectivity index (χ4n) is 2.48. The van der Waals surface area contributed by atoms with Crippen molar-refractivity contribution in [2.75, 3.05) is 0 Å². The fourth-order valence-corrected chi connectivity index (χ4v) is 2.48. The third-order valence-electron chi connectivity index (χ3n) is 3.13. The second-order valence-corrected chi connectivity index (χ2v) is 5.38. The van der Waals surface area contributed by atoms with Gasteiger partial charge in [-0.15, -0.1) is 0 Å². The molecule has 1 rings (SSSR count). The molecule has 1 unspecified atom stereocenters. The zero-order valence-electron chi connectivity index (χ0n) is 9.68. The molecule has 1 aliphatic carbocycles. The first-order chi connectivity index (χ1) is 6.49. The molecule has 1 heteroatoms. The first kappa shape index (κ1) is 11.5. The van der Waals surface area contributed by atoms with Gasteiger partial charge in [0.2, 0.25) is 0 Å². The van der Waals surface area contributed by atoms with E-state index in [1.54, 1.807) is 13.0 Å². The van der Waals surface area contributed by atoms with E-state index in [9.17, 15) is 4.79 Å². The van der Waals surface area contributed by atoms with E-state index < -0.39 is 0 Å². The van der Waals surface area contributed by atoms with Gasteiger partial charge in [-0.25, -0.2) is 0 Å². The van der Waals surface area contributed by atoms with Crippen molar-refractivity contribution in [3.63, 3.8) is 0 Å². The van der Waals surface area contributed by atoms with Gasteiger partial charge >= 0.3 is 0 Å². The van der Waals surface area contributed by atoms with Crippen molar-refractivity contribution in [1.82, 2.24) is 0 Å². The third-order valence-corrected chi connectivity index (χ3v) is 3.13. The van der Waals surface area contributed by atoms with Gasteiger partial charge in [-0.1, -0.05) is 32.8 Å². The average Bonchev–Trinajstić information content (AvgIpc) is 2.01. The summed E-state index contributed by atoms with van der Waals surface area (Å²) in [6.45, 7) is 6.32. The predicted molar refractivity (Wildman–Crippen MR) is 60.2 cm³/mol. The lowest BCUT2D eigenvalue weighted by Gasteiger charge is -2.34. The standard InChI is InChI=1S/C13H22O/c1-11(14)6-4-7-12-8-5-9-13(2,3)10-12/h4,6,12H,5,7-10H2,1-3H3/b6-4+. The van der Waals surface area contributed by atoms with E-state index >= 15 is 0 Å². The van der Waals surface area contributed by atoms with Crippen LogP contribution < -0.4 is 0 Å². The molecule has 0 spiro atoms. The van der Waals surface area contributed by atoms with Crippen molar-refractivity contribution < 1.29 is 4.79 Å². The largest absolute Gasteiger partial charge is 0.295 e. The molecule has 0 bridgehead atoms. The summed E-state index contributed by atoms with van der Waals surface area (Å²) in [4.78, 5) is 10.7. The van der Waals surface area contributed by atoms with Gasteiger partial charge in [-0.3, -0.25) is 4.79 Å². The van der Waals surface area contributed by atoms with Crippen LogP contribution in [0.25, 0.3) is 0 Å². The Bertz CT molecular complexity index is 225. The van der Waals surface area contributed by atoms with Gasteiger partial charge in [0, 0.05) is 0 Å². The third kappa shape index (κ3) is 4.08. The molecule has 0 heterocycles. The SMILES string of the molecule is CC(=O)/C=C/CC1CCCC(C)(C)C1. The lowest BCUT2D eigenvalue weighted by atomic mass is 9.71.